The Labute approximate surface area is 130 Å². The minimum absolute atomic E-state index is 0.895. The van der Waals surface area contributed by atoms with E-state index in [1.54, 1.807) is 0 Å². The van der Waals surface area contributed by atoms with Crippen LogP contribution in [0.2, 0.25) is 0 Å². The highest BCUT2D eigenvalue weighted by atomic mass is 15.4. The number of unbranched alkanes of at least 4 members (excludes halogenated alkanes) is 5. The molecule has 1 aromatic heterocycles. The van der Waals surface area contributed by atoms with E-state index < -0.39 is 0 Å². The molecule has 0 radical (unpaired) electrons. The van der Waals surface area contributed by atoms with Crippen molar-refractivity contribution in [3.8, 4) is 0 Å². The van der Waals surface area contributed by atoms with E-state index in [-0.39, 0.29) is 0 Å². The fourth-order valence-corrected chi connectivity index (χ4v) is 2.48. The average Bonchev–Trinajstić information content (AvgIpc) is 2.93. The fraction of sp³-hybridized carbons (Fsp3) is 0.882. The van der Waals surface area contributed by atoms with E-state index >= 15 is 0 Å². The van der Waals surface area contributed by atoms with Gasteiger partial charge in [0.2, 0.25) is 0 Å². The van der Waals surface area contributed by atoms with Gasteiger partial charge in [-0.3, -0.25) is 4.90 Å². The van der Waals surface area contributed by atoms with E-state index in [4.69, 9.17) is 0 Å². The monoisotopic (exact) mass is 294 g/mol. The first kappa shape index (κ1) is 18.1. The molecule has 0 atom stereocenters. The van der Waals surface area contributed by atoms with Gasteiger partial charge < -0.3 is 0 Å². The quantitative estimate of drug-likeness (QED) is 0.510. The zero-order chi connectivity index (χ0) is 15.3. The fourth-order valence-electron chi connectivity index (χ4n) is 2.48. The van der Waals surface area contributed by atoms with Crippen molar-refractivity contribution >= 4 is 0 Å². The van der Waals surface area contributed by atoms with E-state index in [0.717, 1.165) is 18.9 Å². The number of hydrogen-bond donors (Lipinski definition) is 0. The molecule has 4 nitrogen and oxygen atoms in total. The Morgan fingerprint density at radius 2 is 1.52 bits per heavy atom. The van der Waals surface area contributed by atoms with Gasteiger partial charge in [-0.2, -0.15) is 5.10 Å². The summed E-state index contributed by atoms with van der Waals surface area (Å²) in [6.07, 6.45) is 13.1. The summed E-state index contributed by atoms with van der Waals surface area (Å²) in [6.45, 7) is 9.99. The standard InChI is InChI=1S/C17H34N4/c1-4-7-10-13-20(14-11-8-5-2)16-21-15-18-17(19-21)12-9-6-3/h15H,4-14,16H2,1-3H3. The Morgan fingerprint density at radius 1 is 0.905 bits per heavy atom. The lowest BCUT2D eigenvalue weighted by Crippen LogP contribution is -2.29. The third-order valence-corrected chi connectivity index (χ3v) is 3.84. The second-order valence-corrected chi connectivity index (χ2v) is 5.98. The molecule has 0 unspecified atom stereocenters. The smallest absolute Gasteiger partial charge is 0.150 e. The van der Waals surface area contributed by atoms with Gasteiger partial charge in [0.05, 0.1) is 6.67 Å². The van der Waals surface area contributed by atoms with Gasteiger partial charge in [0.25, 0.3) is 0 Å². The van der Waals surface area contributed by atoms with Crippen molar-refractivity contribution in [3.63, 3.8) is 0 Å². The van der Waals surface area contributed by atoms with E-state index in [9.17, 15) is 0 Å². The zero-order valence-electron chi connectivity index (χ0n) is 14.4. The van der Waals surface area contributed by atoms with Gasteiger partial charge in [-0.05, 0) is 32.4 Å². The molecule has 1 heterocycles. The zero-order valence-corrected chi connectivity index (χ0v) is 14.4. The summed E-state index contributed by atoms with van der Waals surface area (Å²) in [4.78, 5) is 6.96. The number of hydrogen-bond acceptors (Lipinski definition) is 3. The molecule has 0 aliphatic carbocycles. The summed E-state index contributed by atoms with van der Waals surface area (Å²) >= 11 is 0. The summed E-state index contributed by atoms with van der Waals surface area (Å²) in [5, 5.41) is 4.61. The molecule has 0 spiro atoms. The van der Waals surface area contributed by atoms with Gasteiger partial charge in [0.15, 0.2) is 5.82 Å². The van der Waals surface area contributed by atoms with Crippen LogP contribution < -0.4 is 0 Å². The average molecular weight is 294 g/mol. The van der Waals surface area contributed by atoms with Crippen LogP contribution in [-0.4, -0.2) is 32.8 Å². The number of aryl methyl sites for hydroxylation is 1. The van der Waals surface area contributed by atoms with Gasteiger partial charge in [-0.15, -0.1) is 0 Å². The first-order valence-electron chi connectivity index (χ1n) is 8.90. The SMILES string of the molecule is CCCCCN(CCCCC)Cn1cnc(CCCC)n1. The van der Waals surface area contributed by atoms with E-state index in [2.05, 4.69) is 35.8 Å². The molecular formula is C17H34N4. The van der Waals surface area contributed by atoms with Crippen LogP contribution in [0.25, 0.3) is 0 Å². The van der Waals surface area contributed by atoms with Crippen molar-refractivity contribution in [1.82, 2.24) is 19.7 Å². The van der Waals surface area contributed by atoms with Gasteiger partial charge >= 0.3 is 0 Å². The molecule has 122 valence electrons. The lowest BCUT2D eigenvalue weighted by molar-refractivity contribution is 0.198. The van der Waals surface area contributed by atoms with Crippen molar-refractivity contribution in [2.75, 3.05) is 13.1 Å². The lowest BCUT2D eigenvalue weighted by Gasteiger charge is -2.21. The molecule has 21 heavy (non-hydrogen) atoms. The molecule has 0 bridgehead atoms. The summed E-state index contributed by atoms with van der Waals surface area (Å²) < 4.78 is 2.02. The Bertz CT molecular complexity index is 338. The van der Waals surface area contributed by atoms with Crippen LogP contribution in [-0.2, 0) is 13.1 Å². The van der Waals surface area contributed by atoms with Crippen LogP contribution in [0.3, 0.4) is 0 Å². The normalized spacial score (nSPS) is 11.4. The molecule has 0 aromatic carbocycles. The van der Waals surface area contributed by atoms with Crippen molar-refractivity contribution in [1.29, 1.82) is 0 Å². The Hall–Kier alpha value is -0.900. The molecule has 1 rings (SSSR count). The van der Waals surface area contributed by atoms with Crippen LogP contribution in [0.5, 0.6) is 0 Å². The third kappa shape index (κ3) is 8.20. The minimum Gasteiger partial charge on any atom is -0.284 e. The maximum absolute atomic E-state index is 4.61. The first-order valence-corrected chi connectivity index (χ1v) is 8.90. The van der Waals surface area contributed by atoms with Gasteiger partial charge in [-0.25, -0.2) is 9.67 Å². The van der Waals surface area contributed by atoms with Crippen molar-refractivity contribution in [2.24, 2.45) is 0 Å². The summed E-state index contributed by atoms with van der Waals surface area (Å²) in [5.41, 5.74) is 0. The third-order valence-electron chi connectivity index (χ3n) is 3.84. The van der Waals surface area contributed by atoms with E-state index in [1.165, 1.54) is 64.5 Å². The summed E-state index contributed by atoms with van der Waals surface area (Å²) in [6, 6.07) is 0. The second kappa shape index (κ2) is 11.7. The molecule has 0 amide bonds. The van der Waals surface area contributed by atoms with E-state index in [1.807, 2.05) is 11.0 Å². The van der Waals surface area contributed by atoms with Gasteiger partial charge in [0, 0.05) is 6.42 Å². The van der Waals surface area contributed by atoms with Crippen LogP contribution >= 0.6 is 0 Å². The molecule has 0 saturated heterocycles. The molecule has 0 aliphatic heterocycles. The van der Waals surface area contributed by atoms with Crippen LogP contribution in [0.4, 0.5) is 0 Å². The molecule has 1 aromatic rings. The molecular weight excluding hydrogens is 260 g/mol. The Kier molecular flexibility index (Phi) is 10.1. The van der Waals surface area contributed by atoms with Crippen LogP contribution in [0, 0.1) is 0 Å². The Balaban J connectivity index is 2.43. The number of rotatable bonds is 13. The maximum atomic E-state index is 4.61. The number of nitrogens with zero attached hydrogens (tertiary/aromatic N) is 4. The maximum Gasteiger partial charge on any atom is 0.150 e. The molecule has 0 aliphatic rings. The minimum atomic E-state index is 0.895. The van der Waals surface area contributed by atoms with Gasteiger partial charge in [-0.1, -0.05) is 52.9 Å². The predicted molar refractivity (Wildman–Crippen MR) is 89.3 cm³/mol. The highest BCUT2D eigenvalue weighted by Gasteiger charge is 2.07. The second-order valence-electron chi connectivity index (χ2n) is 5.98. The topological polar surface area (TPSA) is 34.0 Å². The van der Waals surface area contributed by atoms with E-state index in [0.29, 0.717) is 0 Å². The van der Waals surface area contributed by atoms with Crippen LogP contribution in [0.1, 0.15) is 78.0 Å². The predicted octanol–water partition coefficient (Wildman–Crippen LogP) is 4.26. The van der Waals surface area contributed by atoms with Gasteiger partial charge in [0.1, 0.15) is 6.33 Å². The largest absolute Gasteiger partial charge is 0.284 e. The first-order chi connectivity index (χ1) is 10.3. The molecule has 4 heteroatoms. The number of aromatic nitrogens is 3. The highest BCUT2D eigenvalue weighted by molar-refractivity contribution is 4.81. The highest BCUT2D eigenvalue weighted by Crippen LogP contribution is 2.05. The molecule has 0 N–H and O–H groups in total. The molecule has 0 saturated carbocycles. The lowest BCUT2D eigenvalue weighted by atomic mass is 10.2. The van der Waals surface area contributed by atoms with Crippen LogP contribution in [0.15, 0.2) is 6.33 Å². The molecule has 0 fully saturated rings. The van der Waals surface area contributed by atoms with Crippen molar-refractivity contribution in [2.45, 2.75) is 85.2 Å². The summed E-state index contributed by atoms with van der Waals surface area (Å²) in [7, 11) is 0. The summed E-state index contributed by atoms with van der Waals surface area (Å²) in [5.74, 6) is 0.999. The Morgan fingerprint density at radius 3 is 2.10 bits per heavy atom. The van der Waals surface area contributed by atoms with Crippen molar-refractivity contribution < 1.29 is 0 Å². The van der Waals surface area contributed by atoms with Crippen molar-refractivity contribution in [3.05, 3.63) is 12.2 Å².